The van der Waals surface area contributed by atoms with Crippen LogP contribution >= 0.6 is 0 Å². The summed E-state index contributed by atoms with van der Waals surface area (Å²) in [7, 11) is 7.52. The summed E-state index contributed by atoms with van der Waals surface area (Å²) in [6.07, 6.45) is 1.87. The lowest BCUT2D eigenvalue weighted by Gasteiger charge is -2.18. The third-order valence-electron chi connectivity index (χ3n) is 4.30. The van der Waals surface area contributed by atoms with Crippen LogP contribution in [0.15, 0.2) is 48.5 Å². The van der Waals surface area contributed by atoms with Crippen LogP contribution < -0.4 is 15.0 Å². The molecule has 5 heteroatoms. The van der Waals surface area contributed by atoms with E-state index in [1.54, 1.807) is 19.1 Å². The highest BCUT2D eigenvalue weighted by Crippen LogP contribution is 2.14. The van der Waals surface area contributed by atoms with Crippen LogP contribution in [-0.4, -0.2) is 45.7 Å². The fourth-order valence-electron chi connectivity index (χ4n) is 2.66. The number of nitrogens with zero attached hydrogens (tertiary/aromatic N) is 2. The molecule has 0 radical (unpaired) electrons. The van der Waals surface area contributed by atoms with Crippen molar-refractivity contribution in [2.45, 2.75) is 19.4 Å². The highest BCUT2D eigenvalue weighted by atomic mass is 16.5. The summed E-state index contributed by atoms with van der Waals surface area (Å²) in [5.74, 6) is 0.819. The average molecular weight is 355 g/mol. The van der Waals surface area contributed by atoms with Crippen molar-refractivity contribution >= 4 is 11.7 Å². The number of aryl methyl sites for hydroxylation is 1. The molecular formula is C21H29N3O2. The van der Waals surface area contributed by atoms with Crippen molar-refractivity contribution in [2.75, 3.05) is 39.7 Å². The van der Waals surface area contributed by atoms with Gasteiger partial charge in [0.05, 0.1) is 7.11 Å². The lowest BCUT2D eigenvalue weighted by atomic mass is 10.1. The molecule has 0 saturated carbocycles. The van der Waals surface area contributed by atoms with Crippen molar-refractivity contribution in [2.24, 2.45) is 0 Å². The van der Waals surface area contributed by atoms with E-state index < -0.39 is 0 Å². The van der Waals surface area contributed by atoms with Gasteiger partial charge in [-0.05, 0) is 48.2 Å². The number of ether oxygens (including phenoxy) is 1. The SMILES string of the molecule is COc1ccc(CN(C)C(=O)NCCCc2ccc(N(C)C)cc2)cc1. The Labute approximate surface area is 156 Å². The van der Waals surface area contributed by atoms with Crippen molar-refractivity contribution < 1.29 is 9.53 Å². The second kappa shape index (κ2) is 9.70. The normalized spacial score (nSPS) is 10.3. The fourth-order valence-corrected chi connectivity index (χ4v) is 2.66. The van der Waals surface area contributed by atoms with Crippen LogP contribution in [0.2, 0.25) is 0 Å². The molecule has 2 rings (SSSR count). The number of carbonyl (C=O) groups excluding carboxylic acids is 1. The Bertz CT molecular complexity index is 681. The molecule has 1 N–H and O–H groups in total. The van der Waals surface area contributed by atoms with Gasteiger partial charge in [-0.25, -0.2) is 4.79 Å². The van der Waals surface area contributed by atoms with Crippen molar-refractivity contribution in [1.29, 1.82) is 0 Å². The highest BCUT2D eigenvalue weighted by Gasteiger charge is 2.08. The largest absolute Gasteiger partial charge is 0.497 e. The van der Waals surface area contributed by atoms with Gasteiger partial charge in [0.1, 0.15) is 5.75 Å². The Morgan fingerprint density at radius 3 is 2.15 bits per heavy atom. The van der Waals surface area contributed by atoms with E-state index in [4.69, 9.17) is 4.74 Å². The molecule has 0 aliphatic carbocycles. The van der Waals surface area contributed by atoms with E-state index in [2.05, 4.69) is 34.5 Å². The number of carbonyl (C=O) groups is 1. The van der Waals surface area contributed by atoms with E-state index in [9.17, 15) is 4.79 Å². The van der Waals surface area contributed by atoms with Gasteiger partial charge in [-0.1, -0.05) is 24.3 Å². The minimum atomic E-state index is -0.0521. The van der Waals surface area contributed by atoms with Gasteiger partial charge in [-0.3, -0.25) is 0 Å². The molecule has 0 aliphatic rings. The summed E-state index contributed by atoms with van der Waals surface area (Å²) < 4.78 is 5.15. The van der Waals surface area contributed by atoms with E-state index in [1.165, 1.54) is 11.3 Å². The Hall–Kier alpha value is -2.69. The average Bonchev–Trinajstić information content (AvgIpc) is 2.66. The predicted octanol–water partition coefficient (Wildman–Crippen LogP) is 3.54. The zero-order valence-corrected chi connectivity index (χ0v) is 16.2. The first-order valence-corrected chi connectivity index (χ1v) is 8.87. The molecule has 140 valence electrons. The van der Waals surface area contributed by atoms with E-state index in [-0.39, 0.29) is 6.03 Å². The third kappa shape index (κ3) is 5.99. The molecule has 0 bridgehead atoms. The summed E-state index contributed by atoms with van der Waals surface area (Å²) >= 11 is 0. The maximum Gasteiger partial charge on any atom is 0.317 e. The summed E-state index contributed by atoms with van der Waals surface area (Å²) in [6.45, 7) is 1.24. The number of nitrogens with one attached hydrogen (secondary N) is 1. The number of urea groups is 1. The van der Waals surface area contributed by atoms with Gasteiger partial charge >= 0.3 is 6.03 Å². The minimum Gasteiger partial charge on any atom is -0.497 e. The molecular weight excluding hydrogens is 326 g/mol. The first kappa shape index (κ1) is 19.6. The third-order valence-corrected chi connectivity index (χ3v) is 4.30. The smallest absolute Gasteiger partial charge is 0.317 e. The molecule has 0 spiro atoms. The van der Waals surface area contributed by atoms with E-state index in [0.29, 0.717) is 13.1 Å². The van der Waals surface area contributed by atoms with Crippen molar-refractivity contribution in [1.82, 2.24) is 10.2 Å². The van der Waals surface area contributed by atoms with Crippen molar-refractivity contribution in [3.8, 4) is 5.75 Å². The fraction of sp³-hybridized carbons (Fsp3) is 0.381. The molecule has 2 amide bonds. The summed E-state index contributed by atoms with van der Waals surface area (Å²) in [5, 5.41) is 2.98. The van der Waals surface area contributed by atoms with E-state index >= 15 is 0 Å². The standard InChI is InChI=1S/C21H29N3O2/c1-23(2)19-11-7-17(8-12-19)6-5-15-22-21(25)24(3)16-18-9-13-20(26-4)14-10-18/h7-14H,5-6,15-16H2,1-4H3,(H,22,25). The molecule has 0 heterocycles. The number of rotatable bonds is 8. The van der Waals surface area contributed by atoms with Gasteiger partial charge in [0, 0.05) is 39.9 Å². The number of hydrogen-bond donors (Lipinski definition) is 1. The first-order chi connectivity index (χ1) is 12.5. The minimum absolute atomic E-state index is 0.0521. The van der Waals surface area contributed by atoms with Gasteiger partial charge < -0.3 is 19.9 Å². The molecule has 0 fully saturated rings. The molecule has 0 atom stereocenters. The summed E-state index contributed by atoms with van der Waals surface area (Å²) in [6, 6.07) is 16.2. The number of amides is 2. The molecule has 2 aromatic rings. The predicted molar refractivity (Wildman–Crippen MR) is 107 cm³/mol. The molecule has 5 nitrogen and oxygen atoms in total. The molecule has 26 heavy (non-hydrogen) atoms. The van der Waals surface area contributed by atoms with Crippen LogP contribution in [-0.2, 0) is 13.0 Å². The van der Waals surface area contributed by atoms with E-state index in [0.717, 1.165) is 24.2 Å². The molecule has 2 aromatic carbocycles. The second-order valence-corrected chi connectivity index (χ2v) is 6.60. The lowest BCUT2D eigenvalue weighted by molar-refractivity contribution is 0.207. The number of anilines is 1. The van der Waals surface area contributed by atoms with Crippen LogP contribution in [0.3, 0.4) is 0 Å². The zero-order chi connectivity index (χ0) is 18.9. The molecule has 0 saturated heterocycles. The van der Waals surface area contributed by atoms with Crippen LogP contribution in [0.4, 0.5) is 10.5 Å². The van der Waals surface area contributed by atoms with Crippen molar-refractivity contribution in [3.63, 3.8) is 0 Å². The number of benzene rings is 2. The Balaban J connectivity index is 1.70. The van der Waals surface area contributed by atoms with Crippen molar-refractivity contribution in [3.05, 3.63) is 59.7 Å². The summed E-state index contributed by atoms with van der Waals surface area (Å²) in [4.78, 5) is 16.0. The molecule has 0 aliphatic heterocycles. The number of hydrogen-bond acceptors (Lipinski definition) is 3. The van der Waals surface area contributed by atoms with E-state index in [1.807, 2.05) is 38.4 Å². The Kier molecular flexibility index (Phi) is 7.33. The maximum atomic E-state index is 12.2. The maximum absolute atomic E-state index is 12.2. The Morgan fingerprint density at radius 1 is 0.962 bits per heavy atom. The molecule has 0 aromatic heterocycles. The molecule has 0 unspecified atom stereocenters. The van der Waals surface area contributed by atoms with Gasteiger partial charge in [-0.15, -0.1) is 0 Å². The first-order valence-electron chi connectivity index (χ1n) is 8.87. The number of methoxy groups -OCH3 is 1. The summed E-state index contributed by atoms with van der Waals surface area (Å²) in [5.41, 5.74) is 3.56. The monoisotopic (exact) mass is 355 g/mol. The zero-order valence-electron chi connectivity index (χ0n) is 16.2. The van der Waals surface area contributed by atoms with Gasteiger partial charge in [0.15, 0.2) is 0 Å². The van der Waals surface area contributed by atoms with Crippen LogP contribution in [0.5, 0.6) is 5.75 Å². The van der Waals surface area contributed by atoms with Crippen LogP contribution in [0.25, 0.3) is 0 Å². The topological polar surface area (TPSA) is 44.8 Å². The van der Waals surface area contributed by atoms with Crippen LogP contribution in [0.1, 0.15) is 17.5 Å². The van der Waals surface area contributed by atoms with Gasteiger partial charge in [-0.2, -0.15) is 0 Å². The van der Waals surface area contributed by atoms with Crippen LogP contribution in [0, 0.1) is 0 Å². The Morgan fingerprint density at radius 2 is 1.58 bits per heavy atom. The quantitative estimate of drug-likeness (QED) is 0.737. The lowest BCUT2D eigenvalue weighted by Crippen LogP contribution is -2.37. The second-order valence-electron chi connectivity index (χ2n) is 6.60. The highest BCUT2D eigenvalue weighted by molar-refractivity contribution is 5.73. The van der Waals surface area contributed by atoms with Gasteiger partial charge in [0.2, 0.25) is 0 Å². The van der Waals surface area contributed by atoms with Gasteiger partial charge in [0.25, 0.3) is 0 Å².